The fourth-order valence-corrected chi connectivity index (χ4v) is 1.27. The number of hydrogen-bond donors (Lipinski definition) is 1. The first-order valence-corrected chi connectivity index (χ1v) is 4.55. The number of nitrogens with zero attached hydrogens (tertiary/aromatic N) is 2. The number of aromatic amines is 1. The predicted octanol–water partition coefficient (Wildman–Crippen LogP) is -0.703. The van der Waals surface area contributed by atoms with Crippen LogP contribution in [0.3, 0.4) is 0 Å². The molecule has 2 aromatic rings. The molecule has 1 unspecified atom stereocenters. The molecule has 0 radical (unpaired) electrons. The topological polar surface area (TPSA) is 81.9 Å². The Morgan fingerprint density at radius 2 is 2.31 bits per heavy atom. The van der Waals surface area contributed by atoms with Crippen LogP contribution >= 0.6 is 8.25 Å². The van der Waals surface area contributed by atoms with Gasteiger partial charge in [0.2, 0.25) is 0 Å². The third kappa shape index (κ3) is 1.49. The molecular weight excluding hydrogens is 193 g/mol. The van der Waals surface area contributed by atoms with Crippen molar-refractivity contribution >= 4 is 19.3 Å². The average Bonchev–Trinajstić information content (AvgIpc) is 2.48. The van der Waals surface area contributed by atoms with Gasteiger partial charge in [0.15, 0.2) is 0 Å². The van der Waals surface area contributed by atoms with Crippen LogP contribution in [0.2, 0.25) is 0 Å². The van der Waals surface area contributed by atoms with Crippen molar-refractivity contribution in [3.8, 4) is 0 Å². The molecule has 0 aliphatic rings. The van der Waals surface area contributed by atoms with Crippen LogP contribution in [0.25, 0.3) is 11.0 Å². The minimum Gasteiger partial charge on any atom is -0.555 e. The highest BCUT2D eigenvalue weighted by molar-refractivity contribution is 7.30. The van der Waals surface area contributed by atoms with E-state index in [9.17, 15) is 9.46 Å². The molecule has 0 aliphatic heterocycles. The first-order chi connectivity index (χ1) is 6.27. The standard InChI is InChI=1S/C6H4N3O3P/c10-13(11)12-9-6-4-2-1-3-5(6)7-8-9/h1-4H/p+1. The molecule has 1 aromatic carbocycles. The molecule has 1 atom stereocenters. The number of rotatable bonds is 2. The Hall–Kier alpha value is -1.52. The van der Waals surface area contributed by atoms with Crippen molar-refractivity contribution in [2.75, 3.05) is 0 Å². The van der Waals surface area contributed by atoms with Gasteiger partial charge in [-0.15, -0.1) is 0 Å². The number of benzene rings is 1. The first kappa shape index (κ1) is 8.10. The van der Waals surface area contributed by atoms with E-state index in [0.717, 1.165) is 4.85 Å². The number of H-pyrrole nitrogens is 1. The largest absolute Gasteiger partial charge is 0.595 e. The smallest absolute Gasteiger partial charge is 0.555 e. The summed E-state index contributed by atoms with van der Waals surface area (Å²) in [5.74, 6) is 0. The summed E-state index contributed by atoms with van der Waals surface area (Å²) in [5.41, 5.74) is 1.21. The molecule has 0 fully saturated rings. The minimum atomic E-state index is -2.93. The van der Waals surface area contributed by atoms with Gasteiger partial charge in [-0.25, -0.2) is 0 Å². The summed E-state index contributed by atoms with van der Waals surface area (Å²) in [6.07, 6.45) is 0. The molecule has 0 bridgehead atoms. The Morgan fingerprint density at radius 1 is 1.54 bits per heavy atom. The fraction of sp³-hybridized carbons (Fsp3) is 0. The van der Waals surface area contributed by atoms with Crippen LogP contribution in [-0.4, -0.2) is 10.3 Å². The van der Waals surface area contributed by atoms with Gasteiger partial charge in [-0.3, -0.25) is 0 Å². The monoisotopic (exact) mass is 198 g/mol. The highest BCUT2D eigenvalue weighted by Gasteiger charge is 2.18. The Bertz CT molecular complexity index is 455. The average molecular weight is 198 g/mol. The SMILES string of the molecule is O=[P+]([O-])O[n+]1[nH]nc2ccccc21. The number of hydrogen-bond acceptors (Lipinski definition) is 4. The summed E-state index contributed by atoms with van der Waals surface area (Å²) in [5, 5.41) is 6.22. The van der Waals surface area contributed by atoms with Gasteiger partial charge >= 0.3 is 8.25 Å². The van der Waals surface area contributed by atoms with Gasteiger partial charge in [0.1, 0.15) is 0 Å². The maximum Gasteiger partial charge on any atom is 0.595 e. The molecule has 1 N–H and O–H groups in total. The van der Waals surface area contributed by atoms with Crippen LogP contribution in [0.1, 0.15) is 0 Å². The van der Waals surface area contributed by atoms with Crippen molar-refractivity contribution in [3.05, 3.63) is 24.3 Å². The van der Waals surface area contributed by atoms with E-state index in [2.05, 4.69) is 14.9 Å². The van der Waals surface area contributed by atoms with E-state index in [4.69, 9.17) is 0 Å². The maximum atomic E-state index is 10.3. The van der Waals surface area contributed by atoms with E-state index in [1.807, 2.05) is 0 Å². The molecule has 1 aromatic heterocycles. The van der Waals surface area contributed by atoms with Crippen LogP contribution in [0.5, 0.6) is 0 Å². The lowest BCUT2D eigenvalue weighted by atomic mass is 10.3. The summed E-state index contributed by atoms with van der Waals surface area (Å²) < 4.78 is 14.7. The molecule has 0 saturated heterocycles. The molecule has 6 nitrogen and oxygen atoms in total. The highest BCUT2D eigenvalue weighted by atomic mass is 31.1. The van der Waals surface area contributed by atoms with Gasteiger partial charge in [0.25, 0.3) is 11.0 Å². The van der Waals surface area contributed by atoms with E-state index in [0.29, 0.717) is 11.0 Å². The van der Waals surface area contributed by atoms with E-state index in [-0.39, 0.29) is 0 Å². The molecule has 0 spiro atoms. The highest BCUT2D eigenvalue weighted by Crippen LogP contribution is 2.05. The summed E-state index contributed by atoms with van der Waals surface area (Å²) >= 11 is 0. The fourth-order valence-electron chi connectivity index (χ4n) is 1.01. The van der Waals surface area contributed by atoms with Crippen LogP contribution in [0.15, 0.2) is 24.3 Å². The van der Waals surface area contributed by atoms with Crippen LogP contribution in [0.4, 0.5) is 0 Å². The van der Waals surface area contributed by atoms with Crippen molar-refractivity contribution in [1.82, 2.24) is 10.3 Å². The van der Waals surface area contributed by atoms with E-state index in [1.165, 1.54) is 0 Å². The second kappa shape index (κ2) is 3.08. The van der Waals surface area contributed by atoms with Crippen LogP contribution in [0, 0.1) is 0 Å². The molecule has 1 heterocycles. The van der Waals surface area contributed by atoms with Gasteiger partial charge in [-0.05, 0) is 21.9 Å². The third-order valence-corrected chi connectivity index (χ3v) is 1.81. The Morgan fingerprint density at radius 3 is 3.08 bits per heavy atom. The molecule has 7 heteroatoms. The minimum absolute atomic E-state index is 0.571. The van der Waals surface area contributed by atoms with Crippen molar-refractivity contribution in [3.63, 3.8) is 0 Å². The zero-order valence-corrected chi connectivity index (χ0v) is 7.27. The molecular formula is C6H5N3O3P+. The second-order valence-electron chi connectivity index (χ2n) is 2.30. The quantitative estimate of drug-likeness (QED) is 0.510. The molecule has 0 aliphatic carbocycles. The Kier molecular flexibility index (Phi) is 1.92. The number of nitrogens with one attached hydrogen (secondary N) is 1. The maximum absolute atomic E-state index is 10.3. The second-order valence-corrected chi connectivity index (χ2v) is 2.91. The zero-order chi connectivity index (χ0) is 9.26. The molecule has 13 heavy (non-hydrogen) atoms. The molecule has 0 amide bonds. The van der Waals surface area contributed by atoms with E-state index < -0.39 is 8.25 Å². The lowest BCUT2D eigenvalue weighted by molar-refractivity contribution is -0.887. The van der Waals surface area contributed by atoms with Gasteiger partial charge in [-0.1, -0.05) is 16.8 Å². The van der Waals surface area contributed by atoms with Crippen molar-refractivity contribution in [2.24, 2.45) is 0 Å². The summed E-state index contributed by atoms with van der Waals surface area (Å²) in [6.45, 7) is 0. The summed E-state index contributed by atoms with van der Waals surface area (Å²) in [7, 11) is -2.93. The lowest BCUT2D eigenvalue weighted by Gasteiger charge is -1.84. The van der Waals surface area contributed by atoms with Gasteiger partial charge in [0.05, 0.1) is 4.85 Å². The Balaban J connectivity index is 2.51. The summed E-state index contributed by atoms with van der Waals surface area (Å²) in [4.78, 5) is 11.2. The van der Waals surface area contributed by atoms with Gasteiger partial charge in [-0.2, -0.15) is 0 Å². The van der Waals surface area contributed by atoms with Crippen LogP contribution in [-0.2, 0) is 4.57 Å². The van der Waals surface area contributed by atoms with Crippen molar-refractivity contribution in [1.29, 1.82) is 0 Å². The predicted molar refractivity (Wildman–Crippen MR) is 40.5 cm³/mol. The zero-order valence-electron chi connectivity index (χ0n) is 6.38. The molecule has 0 saturated carbocycles. The normalized spacial score (nSPS) is 11.6. The van der Waals surface area contributed by atoms with Crippen LogP contribution < -0.4 is 14.4 Å². The molecule has 2 rings (SSSR count). The van der Waals surface area contributed by atoms with E-state index in [1.54, 1.807) is 24.3 Å². The third-order valence-electron chi connectivity index (χ3n) is 1.51. The van der Waals surface area contributed by atoms with Gasteiger partial charge in [0, 0.05) is 5.10 Å². The van der Waals surface area contributed by atoms with E-state index >= 15 is 0 Å². The number of para-hydroxylation sites is 2. The lowest BCUT2D eigenvalue weighted by Crippen LogP contribution is -2.42. The van der Waals surface area contributed by atoms with Crippen molar-refractivity contribution in [2.45, 2.75) is 0 Å². The summed E-state index contributed by atoms with van der Waals surface area (Å²) in [6, 6.07) is 6.99. The first-order valence-electron chi connectivity index (χ1n) is 3.45. The van der Waals surface area contributed by atoms with Crippen molar-refractivity contribution < 1.29 is 18.9 Å². The molecule has 66 valence electrons. The Labute approximate surface area is 73.6 Å². The number of aromatic nitrogens is 3. The van der Waals surface area contributed by atoms with Gasteiger partial charge < -0.3 is 4.89 Å². The number of fused-ring (bicyclic) bond motifs is 1.